The summed E-state index contributed by atoms with van der Waals surface area (Å²) in [7, 11) is 0. The van der Waals surface area contributed by atoms with Crippen LogP contribution in [0.15, 0.2) is 0 Å². The van der Waals surface area contributed by atoms with E-state index in [9.17, 15) is 9.59 Å². The Labute approximate surface area is 187 Å². The van der Waals surface area contributed by atoms with Crippen LogP contribution in [0.1, 0.15) is 91.4 Å². The van der Waals surface area contributed by atoms with Gasteiger partial charge in [-0.2, -0.15) is 0 Å². The Morgan fingerprint density at radius 3 is 2.45 bits per heavy atom. The number of carboxylic acids is 1. The smallest absolute Gasteiger partial charge is 0.319 e. The molecule has 0 spiro atoms. The summed E-state index contributed by atoms with van der Waals surface area (Å²) in [5.41, 5.74) is 6.22. The fourth-order valence-corrected chi connectivity index (χ4v) is 9.09. The van der Waals surface area contributed by atoms with Gasteiger partial charge in [-0.1, -0.05) is 20.8 Å². The molecule has 4 aliphatic carbocycles. The Kier molecular flexibility index (Phi) is 6.46. The van der Waals surface area contributed by atoms with Crippen LogP contribution in [0.5, 0.6) is 0 Å². The average Bonchev–Trinajstić information content (AvgIpc) is 3.09. The lowest BCUT2D eigenvalue weighted by Gasteiger charge is -2.61. The Balaban J connectivity index is 1.45. The van der Waals surface area contributed by atoms with Gasteiger partial charge in [-0.3, -0.25) is 9.59 Å². The summed E-state index contributed by atoms with van der Waals surface area (Å²) in [6.45, 7) is 7.37. The van der Waals surface area contributed by atoms with E-state index in [1.165, 1.54) is 44.9 Å². The number of esters is 1. The summed E-state index contributed by atoms with van der Waals surface area (Å²) >= 11 is 0. The highest BCUT2D eigenvalue weighted by Gasteiger charge is 2.60. The first-order valence-corrected chi connectivity index (χ1v) is 12.8. The second kappa shape index (κ2) is 8.68. The Morgan fingerprint density at radius 1 is 1.03 bits per heavy atom. The van der Waals surface area contributed by atoms with Crippen LogP contribution in [0, 0.1) is 46.3 Å². The monoisotopic (exact) mass is 433 g/mol. The first kappa shape index (κ1) is 23.1. The first-order valence-electron chi connectivity index (χ1n) is 12.8. The quantitative estimate of drug-likeness (QED) is 0.574. The highest BCUT2D eigenvalue weighted by atomic mass is 16.5. The maximum absolute atomic E-state index is 11.7. The van der Waals surface area contributed by atoms with Crippen LogP contribution in [0.3, 0.4) is 0 Å². The van der Waals surface area contributed by atoms with Gasteiger partial charge in [0.05, 0.1) is 6.54 Å². The minimum atomic E-state index is -0.658. The largest absolute Gasteiger partial charge is 0.481 e. The summed E-state index contributed by atoms with van der Waals surface area (Å²) in [5.74, 6) is 3.34. The lowest BCUT2D eigenvalue weighted by Crippen LogP contribution is -2.54. The summed E-state index contributed by atoms with van der Waals surface area (Å²) in [6, 6.07) is 0. The highest BCUT2D eigenvalue weighted by molar-refractivity contribution is 5.71. The molecule has 0 aromatic rings. The second-order valence-corrected chi connectivity index (χ2v) is 11.9. The number of fused-ring (bicyclic) bond motifs is 5. The average molecular weight is 434 g/mol. The van der Waals surface area contributed by atoms with Gasteiger partial charge in [0.2, 0.25) is 0 Å². The van der Waals surface area contributed by atoms with E-state index in [4.69, 9.17) is 15.6 Å². The third kappa shape index (κ3) is 4.05. The Morgan fingerprint density at radius 2 is 1.74 bits per heavy atom. The molecule has 1 unspecified atom stereocenters. The van der Waals surface area contributed by atoms with Gasteiger partial charge in [-0.25, -0.2) is 0 Å². The molecule has 0 aromatic carbocycles. The van der Waals surface area contributed by atoms with Crippen LogP contribution >= 0.6 is 0 Å². The minimum absolute atomic E-state index is 0.0184. The Hall–Kier alpha value is -1.10. The van der Waals surface area contributed by atoms with Gasteiger partial charge in [0.1, 0.15) is 6.10 Å². The van der Waals surface area contributed by atoms with Crippen molar-refractivity contribution in [2.75, 3.05) is 6.54 Å². The standard InChI is InChI=1S/C26H43NO4/c1-16(4-9-23(28)29)20-7-8-21-19-6-5-17-14-18(31-24(30)15-27)10-12-25(17,2)22(19)11-13-26(20,21)3/h16-22H,4-15,27H2,1-3H3,(H,28,29)/t16-,17?,18-,19+,20-,21+,22+,25+,26-/m1/s1. The maximum Gasteiger partial charge on any atom is 0.319 e. The molecule has 3 N–H and O–H groups in total. The number of ether oxygens (including phenoxy) is 1. The third-order valence-corrected chi connectivity index (χ3v) is 10.7. The topological polar surface area (TPSA) is 89.6 Å². The SMILES string of the molecule is C[C@H](CCC(=O)O)[C@H]1CC[C@H]2[C@@H]3CCC4C[C@H](OC(=O)CN)CC[C@]4(C)[C@H]3CC[C@]12C. The molecule has 4 rings (SSSR count). The number of carbonyl (C=O) groups is 2. The molecule has 0 saturated heterocycles. The minimum Gasteiger partial charge on any atom is -0.481 e. The first-order chi connectivity index (χ1) is 14.7. The van der Waals surface area contributed by atoms with E-state index in [2.05, 4.69) is 20.8 Å². The zero-order valence-corrected chi connectivity index (χ0v) is 19.8. The van der Waals surface area contributed by atoms with Crippen molar-refractivity contribution in [2.24, 2.45) is 52.1 Å². The van der Waals surface area contributed by atoms with Crippen molar-refractivity contribution >= 4 is 11.9 Å². The molecule has 0 radical (unpaired) electrons. The number of carbonyl (C=O) groups excluding carboxylic acids is 1. The molecule has 4 fully saturated rings. The van der Waals surface area contributed by atoms with Gasteiger partial charge in [-0.15, -0.1) is 0 Å². The van der Waals surface area contributed by atoms with Gasteiger partial charge < -0.3 is 15.6 Å². The number of rotatable bonds is 6. The summed E-state index contributed by atoms with van der Waals surface area (Å²) in [6.07, 6.45) is 12.2. The normalized spacial score (nSPS) is 45.2. The van der Waals surface area contributed by atoms with Crippen LogP contribution in [0.2, 0.25) is 0 Å². The zero-order valence-electron chi connectivity index (χ0n) is 19.8. The lowest BCUT2D eigenvalue weighted by atomic mass is 9.44. The fraction of sp³-hybridized carbons (Fsp3) is 0.923. The molecular formula is C26H43NO4. The molecule has 0 bridgehead atoms. The highest BCUT2D eigenvalue weighted by Crippen LogP contribution is 2.68. The van der Waals surface area contributed by atoms with Crippen LogP contribution < -0.4 is 5.73 Å². The van der Waals surface area contributed by atoms with E-state index >= 15 is 0 Å². The van der Waals surface area contributed by atoms with E-state index in [-0.39, 0.29) is 18.6 Å². The number of nitrogens with two attached hydrogens (primary N) is 1. The second-order valence-electron chi connectivity index (χ2n) is 11.9. The van der Waals surface area contributed by atoms with Crippen LogP contribution in [0.4, 0.5) is 0 Å². The van der Waals surface area contributed by atoms with Crippen molar-refractivity contribution in [1.29, 1.82) is 0 Å². The summed E-state index contributed by atoms with van der Waals surface area (Å²) < 4.78 is 5.63. The van der Waals surface area contributed by atoms with E-state index < -0.39 is 5.97 Å². The van der Waals surface area contributed by atoms with E-state index in [0.29, 0.717) is 35.0 Å². The predicted molar refractivity (Wildman–Crippen MR) is 120 cm³/mol. The molecule has 9 atom stereocenters. The van der Waals surface area contributed by atoms with Crippen molar-refractivity contribution < 1.29 is 19.4 Å². The van der Waals surface area contributed by atoms with Gasteiger partial charge in [0.15, 0.2) is 0 Å². The van der Waals surface area contributed by atoms with Crippen molar-refractivity contribution in [3.8, 4) is 0 Å². The molecule has 4 saturated carbocycles. The van der Waals surface area contributed by atoms with Gasteiger partial charge in [-0.05, 0) is 111 Å². The van der Waals surface area contributed by atoms with E-state index in [1.807, 2.05) is 0 Å². The van der Waals surface area contributed by atoms with Crippen molar-refractivity contribution in [1.82, 2.24) is 0 Å². The number of hydrogen-bond donors (Lipinski definition) is 2. The zero-order chi connectivity index (χ0) is 22.4. The Bertz CT molecular complexity index is 695. The number of hydrogen-bond acceptors (Lipinski definition) is 4. The van der Waals surface area contributed by atoms with Crippen molar-refractivity contribution in [3.05, 3.63) is 0 Å². The summed E-state index contributed by atoms with van der Waals surface area (Å²) in [4.78, 5) is 22.8. The number of aliphatic carboxylic acids is 1. The van der Waals surface area contributed by atoms with Crippen molar-refractivity contribution in [2.45, 2.75) is 97.5 Å². The molecule has 0 amide bonds. The predicted octanol–water partition coefficient (Wildman–Crippen LogP) is 5.02. The van der Waals surface area contributed by atoms with Crippen LogP contribution in [-0.4, -0.2) is 29.7 Å². The van der Waals surface area contributed by atoms with Crippen LogP contribution in [-0.2, 0) is 14.3 Å². The maximum atomic E-state index is 11.7. The molecule has 0 aromatic heterocycles. The van der Waals surface area contributed by atoms with E-state index in [0.717, 1.165) is 37.0 Å². The van der Waals surface area contributed by atoms with Gasteiger partial charge in [0, 0.05) is 6.42 Å². The van der Waals surface area contributed by atoms with Crippen molar-refractivity contribution in [3.63, 3.8) is 0 Å². The van der Waals surface area contributed by atoms with Gasteiger partial charge in [0.25, 0.3) is 0 Å². The fourth-order valence-electron chi connectivity index (χ4n) is 9.09. The molecule has 4 aliphatic rings. The lowest BCUT2D eigenvalue weighted by molar-refractivity contribution is -0.161. The molecule has 31 heavy (non-hydrogen) atoms. The summed E-state index contributed by atoms with van der Waals surface area (Å²) in [5, 5.41) is 9.14. The molecule has 0 aliphatic heterocycles. The molecule has 176 valence electrons. The molecule has 5 nitrogen and oxygen atoms in total. The molecule has 5 heteroatoms. The third-order valence-electron chi connectivity index (χ3n) is 10.7. The van der Waals surface area contributed by atoms with Gasteiger partial charge >= 0.3 is 11.9 Å². The molecular weight excluding hydrogens is 390 g/mol. The number of carboxylic acid groups (broad SMARTS) is 1. The van der Waals surface area contributed by atoms with Crippen LogP contribution in [0.25, 0.3) is 0 Å². The molecule has 0 heterocycles. The van der Waals surface area contributed by atoms with E-state index in [1.54, 1.807) is 0 Å².